The monoisotopic (exact) mass is 274 g/mol. The Morgan fingerprint density at radius 1 is 1.30 bits per heavy atom. The van der Waals surface area contributed by atoms with Gasteiger partial charge in [-0.15, -0.1) is 0 Å². The molecule has 0 unspecified atom stereocenters. The molecule has 0 spiro atoms. The molecule has 0 radical (unpaired) electrons. The standard InChI is InChI=1S/C17H22O3/c1-2-20-17(9-4-3-5-10-17)16(18)14-6-7-15-13(12-14)8-11-19-15/h6-7,12H,2-5,8-11H2,1H3. The van der Waals surface area contributed by atoms with Crippen LogP contribution in [-0.2, 0) is 11.2 Å². The molecule has 3 nitrogen and oxygen atoms in total. The average molecular weight is 274 g/mol. The van der Waals surface area contributed by atoms with Crippen molar-refractivity contribution in [1.29, 1.82) is 0 Å². The van der Waals surface area contributed by atoms with Crippen molar-refractivity contribution in [3.05, 3.63) is 29.3 Å². The van der Waals surface area contributed by atoms with Crippen LogP contribution >= 0.6 is 0 Å². The quantitative estimate of drug-likeness (QED) is 0.788. The van der Waals surface area contributed by atoms with Gasteiger partial charge in [-0.2, -0.15) is 0 Å². The van der Waals surface area contributed by atoms with E-state index >= 15 is 0 Å². The lowest BCUT2D eigenvalue weighted by molar-refractivity contribution is -0.0411. The number of Topliss-reactive ketones (excluding diaryl/α,β-unsaturated/α-hetero) is 1. The van der Waals surface area contributed by atoms with E-state index in [1.54, 1.807) is 0 Å². The average Bonchev–Trinajstić information content (AvgIpc) is 2.95. The normalized spacial score (nSPS) is 20.2. The fraction of sp³-hybridized carbons (Fsp3) is 0.588. The number of hydrogen-bond donors (Lipinski definition) is 0. The van der Waals surface area contributed by atoms with Gasteiger partial charge in [0.25, 0.3) is 0 Å². The van der Waals surface area contributed by atoms with Crippen molar-refractivity contribution in [3.8, 4) is 5.75 Å². The summed E-state index contributed by atoms with van der Waals surface area (Å²) in [6.07, 6.45) is 5.98. The molecule has 2 aliphatic rings. The van der Waals surface area contributed by atoms with Crippen molar-refractivity contribution >= 4 is 5.78 Å². The molecule has 0 atom stereocenters. The van der Waals surface area contributed by atoms with Crippen LogP contribution in [-0.4, -0.2) is 24.6 Å². The number of hydrogen-bond acceptors (Lipinski definition) is 3. The van der Waals surface area contributed by atoms with Gasteiger partial charge in [-0.05, 0) is 43.5 Å². The van der Waals surface area contributed by atoms with Crippen molar-refractivity contribution in [3.63, 3.8) is 0 Å². The Labute approximate surface area is 120 Å². The molecule has 1 aromatic rings. The third-order valence-electron chi connectivity index (χ3n) is 4.45. The van der Waals surface area contributed by atoms with E-state index in [-0.39, 0.29) is 5.78 Å². The third-order valence-corrected chi connectivity index (χ3v) is 4.45. The van der Waals surface area contributed by atoms with Gasteiger partial charge in [0.1, 0.15) is 11.4 Å². The van der Waals surface area contributed by atoms with E-state index in [1.165, 1.54) is 6.42 Å². The number of benzene rings is 1. The maximum absolute atomic E-state index is 12.9. The fourth-order valence-corrected chi connectivity index (χ4v) is 3.43. The largest absolute Gasteiger partial charge is 0.493 e. The molecule has 3 heteroatoms. The Kier molecular flexibility index (Phi) is 3.79. The lowest BCUT2D eigenvalue weighted by atomic mass is 9.79. The minimum absolute atomic E-state index is 0.161. The first-order chi connectivity index (χ1) is 9.75. The highest BCUT2D eigenvalue weighted by Gasteiger charge is 2.40. The molecule has 1 heterocycles. The van der Waals surface area contributed by atoms with Gasteiger partial charge in [-0.25, -0.2) is 0 Å². The zero-order valence-electron chi connectivity index (χ0n) is 12.1. The predicted molar refractivity (Wildman–Crippen MR) is 77.4 cm³/mol. The van der Waals surface area contributed by atoms with Gasteiger partial charge in [0.2, 0.25) is 0 Å². The molecule has 0 bridgehead atoms. The van der Waals surface area contributed by atoms with Crippen molar-refractivity contribution in [2.24, 2.45) is 0 Å². The van der Waals surface area contributed by atoms with Gasteiger partial charge in [0.15, 0.2) is 5.78 Å². The van der Waals surface area contributed by atoms with E-state index in [9.17, 15) is 4.79 Å². The van der Waals surface area contributed by atoms with Crippen molar-refractivity contribution < 1.29 is 14.3 Å². The van der Waals surface area contributed by atoms with E-state index < -0.39 is 5.60 Å². The highest BCUT2D eigenvalue weighted by Crippen LogP contribution is 2.36. The first-order valence-corrected chi connectivity index (χ1v) is 7.70. The molecule has 0 N–H and O–H groups in total. The van der Waals surface area contributed by atoms with Crippen LogP contribution in [0, 0.1) is 0 Å². The lowest BCUT2D eigenvalue weighted by Gasteiger charge is -2.35. The maximum Gasteiger partial charge on any atom is 0.194 e. The summed E-state index contributed by atoms with van der Waals surface area (Å²) >= 11 is 0. The first kappa shape index (κ1) is 13.6. The summed E-state index contributed by atoms with van der Waals surface area (Å²) in [7, 11) is 0. The molecule has 1 aliphatic carbocycles. The number of carbonyl (C=O) groups is 1. The van der Waals surface area contributed by atoms with Gasteiger partial charge in [-0.1, -0.05) is 19.3 Å². The van der Waals surface area contributed by atoms with Crippen LogP contribution in [0.3, 0.4) is 0 Å². The molecule has 3 rings (SSSR count). The zero-order valence-corrected chi connectivity index (χ0v) is 12.1. The Bertz CT molecular complexity index is 495. The Balaban J connectivity index is 1.89. The summed E-state index contributed by atoms with van der Waals surface area (Å²) in [5.41, 5.74) is 1.35. The molecule has 0 amide bonds. The summed E-state index contributed by atoms with van der Waals surface area (Å²) < 4.78 is 11.4. The molecule has 108 valence electrons. The number of rotatable bonds is 4. The van der Waals surface area contributed by atoms with Crippen LogP contribution in [0.15, 0.2) is 18.2 Å². The van der Waals surface area contributed by atoms with Crippen LogP contribution < -0.4 is 4.74 Å². The predicted octanol–water partition coefficient (Wildman–Crippen LogP) is 3.54. The summed E-state index contributed by atoms with van der Waals surface area (Å²) in [4.78, 5) is 12.9. The van der Waals surface area contributed by atoms with Crippen LogP contribution in [0.1, 0.15) is 54.9 Å². The Morgan fingerprint density at radius 2 is 2.10 bits per heavy atom. The van der Waals surface area contributed by atoms with Gasteiger partial charge in [0, 0.05) is 18.6 Å². The van der Waals surface area contributed by atoms with Crippen LogP contribution in [0.25, 0.3) is 0 Å². The SMILES string of the molecule is CCOC1(C(=O)c2ccc3c(c2)CCO3)CCCCC1. The highest BCUT2D eigenvalue weighted by molar-refractivity contribution is 6.03. The molecular formula is C17H22O3. The molecule has 20 heavy (non-hydrogen) atoms. The summed E-state index contributed by atoms with van der Waals surface area (Å²) in [6.45, 7) is 3.30. The van der Waals surface area contributed by atoms with E-state index in [2.05, 4.69) is 0 Å². The Morgan fingerprint density at radius 3 is 2.85 bits per heavy atom. The molecular weight excluding hydrogens is 252 g/mol. The Hall–Kier alpha value is -1.35. The second-order valence-electron chi connectivity index (χ2n) is 5.74. The topological polar surface area (TPSA) is 35.5 Å². The maximum atomic E-state index is 12.9. The van der Waals surface area contributed by atoms with Gasteiger partial charge in [-0.3, -0.25) is 4.79 Å². The molecule has 1 saturated carbocycles. The van der Waals surface area contributed by atoms with Crippen molar-refractivity contribution in [2.75, 3.05) is 13.2 Å². The minimum atomic E-state index is -0.583. The fourth-order valence-electron chi connectivity index (χ4n) is 3.43. The molecule has 1 fully saturated rings. The molecule has 1 aliphatic heterocycles. The molecule has 0 saturated heterocycles. The second-order valence-corrected chi connectivity index (χ2v) is 5.74. The van der Waals surface area contributed by atoms with Crippen LogP contribution in [0.4, 0.5) is 0 Å². The number of fused-ring (bicyclic) bond motifs is 1. The zero-order chi connectivity index (χ0) is 14.0. The van der Waals surface area contributed by atoms with E-state index in [0.29, 0.717) is 6.61 Å². The van der Waals surface area contributed by atoms with Crippen LogP contribution in [0.2, 0.25) is 0 Å². The van der Waals surface area contributed by atoms with Gasteiger partial charge in [0.05, 0.1) is 6.61 Å². The van der Waals surface area contributed by atoms with Crippen LogP contribution in [0.5, 0.6) is 5.75 Å². The van der Waals surface area contributed by atoms with E-state index in [4.69, 9.17) is 9.47 Å². The number of ketones is 1. The van der Waals surface area contributed by atoms with E-state index in [1.807, 2.05) is 25.1 Å². The third kappa shape index (κ3) is 2.35. The van der Waals surface area contributed by atoms with E-state index in [0.717, 1.165) is 55.6 Å². The summed E-state index contributed by atoms with van der Waals surface area (Å²) in [5, 5.41) is 0. The molecule has 1 aromatic carbocycles. The highest BCUT2D eigenvalue weighted by atomic mass is 16.5. The van der Waals surface area contributed by atoms with Gasteiger partial charge < -0.3 is 9.47 Å². The summed E-state index contributed by atoms with van der Waals surface area (Å²) in [6, 6.07) is 5.82. The summed E-state index contributed by atoms with van der Waals surface area (Å²) in [5.74, 6) is 1.09. The number of carbonyl (C=O) groups excluding carboxylic acids is 1. The van der Waals surface area contributed by atoms with Gasteiger partial charge >= 0.3 is 0 Å². The lowest BCUT2D eigenvalue weighted by Crippen LogP contribution is -2.43. The first-order valence-electron chi connectivity index (χ1n) is 7.70. The number of ether oxygens (including phenoxy) is 2. The second kappa shape index (κ2) is 5.57. The van der Waals surface area contributed by atoms with Crippen molar-refractivity contribution in [2.45, 2.75) is 51.0 Å². The molecule has 0 aromatic heterocycles. The minimum Gasteiger partial charge on any atom is -0.493 e. The smallest absolute Gasteiger partial charge is 0.194 e. The van der Waals surface area contributed by atoms with Crippen molar-refractivity contribution in [1.82, 2.24) is 0 Å².